The van der Waals surface area contributed by atoms with E-state index in [2.05, 4.69) is 6.92 Å². The Labute approximate surface area is 219 Å². The predicted octanol–water partition coefficient (Wildman–Crippen LogP) is 9.05. The van der Waals surface area contributed by atoms with Gasteiger partial charge < -0.3 is 4.74 Å². The Morgan fingerprint density at radius 3 is 1.97 bits per heavy atom. The van der Waals surface area contributed by atoms with Crippen LogP contribution >= 0.6 is 0 Å². The average molecular weight is 525 g/mol. The molecule has 0 aromatic heterocycles. The molecule has 38 heavy (non-hydrogen) atoms. The number of aryl methyl sites for hydroxylation is 2. The lowest BCUT2D eigenvalue weighted by atomic mass is 9.97. The van der Waals surface area contributed by atoms with Crippen LogP contribution < -0.4 is 4.74 Å². The molecule has 6 heteroatoms. The van der Waals surface area contributed by atoms with Crippen LogP contribution in [0.15, 0.2) is 72.8 Å². The molecular formula is C32H29F5O. The zero-order valence-corrected chi connectivity index (χ0v) is 21.3. The summed E-state index contributed by atoms with van der Waals surface area (Å²) in [5.74, 6) is -3.61. The standard InChI is InChI=1S/C32H29F5O/c1-3-5-20-6-9-23(10-7-20)26-14-11-24(18-29(26)35)27-13-8-21(17-28(27)34)16-25(33)19-38-30-15-12-22(4-2)31(36)32(30)37/h6-15,17-18,25H,3-5,16,19H2,1-2H3. The molecule has 1 unspecified atom stereocenters. The van der Waals surface area contributed by atoms with Crippen LogP contribution in [0.4, 0.5) is 22.0 Å². The molecule has 4 rings (SSSR count). The van der Waals surface area contributed by atoms with Crippen LogP contribution in [0.5, 0.6) is 5.75 Å². The summed E-state index contributed by atoms with van der Waals surface area (Å²) in [6.07, 6.45) is 0.545. The van der Waals surface area contributed by atoms with Gasteiger partial charge in [0.05, 0.1) is 0 Å². The summed E-state index contributed by atoms with van der Waals surface area (Å²) in [7, 11) is 0. The maximum Gasteiger partial charge on any atom is 0.200 e. The number of hydrogen-bond donors (Lipinski definition) is 0. The first kappa shape index (κ1) is 27.4. The van der Waals surface area contributed by atoms with E-state index in [1.807, 2.05) is 24.3 Å². The Hall–Kier alpha value is -3.67. The normalized spacial score (nSPS) is 12.0. The SMILES string of the molecule is CCCc1ccc(-c2ccc(-c3ccc(CC(F)COc4ccc(CC)c(F)c4F)cc3F)cc2F)cc1. The summed E-state index contributed by atoms with van der Waals surface area (Å²) in [6.45, 7) is 3.28. The van der Waals surface area contributed by atoms with Crippen LogP contribution in [-0.4, -0.2) is 12.8 Å². The summed E-state index contributed by atoms with van der Waals surface area (Å²) < 4.78 is 77.5. The van der Waals surface area contributed by atoms with Gasteiger partial charge in [-0.05, 0) is 58.9 Å². The fraction of sp³-hybridized carbons (Fsp3) is 0.250. The van der Waals surface area contributed by atoms with Gasteiger partial charge in [-0.2, -0.15) is 4.39 Å². The zero-order chi connectivity index (χ0) is 27.2. The van der Waals surface area contributed by atoms with Crippen LogP contribution in [-0.2, 0) is 19.3 Å². The highest BCUT2D eigenvalue weighted by atomic mass is 19.2. The molecule has 1 atom stereocenters. The van der Waals surface area contributed by atoms with Crippen molar-refractivity contribution in [2.45, 2.75) is 45.7 Å². The third-order valence-electron chi connectivity index (χ3n) is 6.50. The lowest BCUT2D eigenvalue weighted by Gasteiger charge is -2.13. The topological polar surface area (TPSA) is 9.23 Å². The Bertz CT molecular complexity index is 1400. The first-order chi connectivity index (χ1) is 18.3. The quantitative estimate of drug-likeness (QED) is 0.188. The van der Waals surface area contributed by atoms with Gasteiger partial charge in [0.1, 0.15) is 24.4 Å². The number of rotatable bonds is 10. The van der Waals surface area contributed by atoms with Crippen molar-refractivity contribution >= 4 is 0 Å². The zero-order valence-electron chi connectivity index (χ0n) is 21.3. The molecule has 0 aliphatic rings. The molecule has 1 nitrogen and oxygen atoms in total. The highest BCUT2D eigenvalue weighted by Gasteiger charge is 2.17. The Morgan fingerprint density at radius 2 is 1.32 bits per heavy atom. The fourth-order valence-corrected chi connectivity index (χ4v) is 4.43. The highest BCUT2D eigenvalue weighted by molar-refractivity contribution is 5.71. The van der Waals surface area contributed by atoms with Crippen LogP contribution in [0, 0.1) is 23.3 Å². The summed E-state index contributed by atoms with van der Waals surface area (Å²) in [6, 6.07) is 19.2. The molecule has 0 N–H and O–H groups in total. The van der Waals surface area contributed by atoms with Crippen LogP contribution in [0.1, 0.15) is 37.0 Å². The third kappa shape index (κ3) is 6.24. The van der Waals surface area contributed by atoms with Crippen LogP contribution in [0.2, 0.25) is 0 Å². The fourth-order valence-electron chi connectivity index (χ4n) is 4.43. The Morgan fingerprint density at radius 1 is 0.684 bits per heavy atom. The second-order valence-corrected chi connectivity index (χ2v) is 9.27. The first-order valence-corrected chi connectivity index (χ1v) is 12.7. The Balaban J connectivity index is 1.42. The minimum atomic E-state index is -1.57. The molecule has 0 bridgehead atoms. The third-order valence-corrected chi connectivity index (χ3v) is 6.50. The van der Waals surface area contributed by atoms with E-state index in [1.54, 1.807) is 25.1 Å². The van der Waals surface area contributed by atoms with E-state index >= 15 is 0 Å². The van der Waals surface area contributed by atoms with Crippen molar-refractivity contribution in [3.05, 3.63) is 113 Å². The van der Waals surface area contributed by atoms with Crippen molar-refractivity contribution in [2.75, 3.05) is 6.61 Å². The molecule has 4 aromatic carbocycles. The van der Waals surface area contributed by atoms with E-state index < -0.39 is 36.0 Å². The van der Waals surface area contributed by atoms with Crippen LogP contribution in [0.25, 0.3) is 22.3 Å². The van der Waals surface area contributed by atoms with Crippen LogP contribution in [0.3, 0.4) is 0 Å². The van der Waals surface area contributed by atoms with Gasteiger partial charge in [-0.15, -0.1) is 0 Å². The number of ether oxygens (including phenoxy) is 1. The molecule has 0 aliphatic heterocycles. The van der Waals surface area contributed by atoms with E-state index in [9.17, 15) is 22.0 Å². The second kappa shape index (κ2) is 12.2. The van der Waals surface area contributed by atoms with Crippen molar-refractivity contribution in [1.29, 1.82) is 0 Å². The van der Waals surface area contributed by atoms with Gasteiger partial charge in [-0.3, -0.25) is 0 Å². The molecule has 0 heterocycles. The first-order valence-electron chi connectivity index (χ1n) is 12.7. The van der Waals surface area contributed by atoms with E-state index in [0.717, 1.165) is 18.4 Å². The lowest BCUT2D eigenvalue weighted by Crippen LogP contribution is -2.16. The molecule has 0 saturated carbocycles. The van der Waals surface area contributed by atoms with Crippen molar-refractivity contribution in [1.82, 2.24) is 0 Å². The van der Waals surface area contributed by atoms with Crippen molar-refractivity contribution < 1.29 is 26.7 Å². The Kier molecular flexibility index (Phi) is 8.82. The molecule has 0 fully saturated rings. The van der Waals surface area contributed by atoms with E-state index in [4.69, 9.17) is 4.74 Å². The largest absolute Gasteiger partial charge is 0.487 e. The molecule has 4 aromatic rings. The smallest absolute Gasteiger partial charge is 0.200 e. The summed E-state index contributed by atoms with van der Waals surface area (Å²) in [5, 5.41) is 0. The molecule has 0 aliphatic carbocycles. The van der Waals surface area contributed by atoms with Gasteiger partial charge in [-0.1, -0.05) is 74.9 Å². The van der Waals surface area contributed by atoms with Gasteiger partial charge in [0.15, 0.2) is 11.6 Å². The monoisotopic (exact) mass is 524 g/mol. The number of benzene rings is 4. The maximum absolute atomic E-state index is 14.9. The summed E-state index contributed by atoms with van der Waals surface area (Å²) >= 11 is 0. The highest BCUT2D eigenvalue weighted by Crippen LogP contribution is 2.30. The molecule has 0 radical (unpaired) electrons. The van der Waals surface area contributed by atoms with Gasteiger partial charge in [0.2, 0.25) is 5.82 Å². The second-order valence-electron chi connectivity index (χ2n) is 9.27. The molecule has 198 valence electrons. The molecule has 0 spiro atoms. The number of halogens is 5. The number of alkyl halides is 1. The van der Waals surface area contributed by atoms with E-state index in [0.29, 0.717) is 23.1 Å². The molecule has 0 saturated heterocycles. The maximum atomic E-state index is 14.9. The van der Waals surface area contributed by atoms with Gasteiger partial charge in [0, 0.05) is 17.5 Å². The van der Waals surface area contributed by atoms with Crippen molar-refractivity contribution in [2.24, 2.45) is 0 Å². The molecule has 0 amide bonds. The summed E-state index contributed by atoms with van der Waals surface area (Å²) in [5.41, 5.74) is 3.48. The predicted molar refractivity (Wildman–Crippen MR) is 141 cm³/mol. The van der Waals surface area contributed by atoms with Gasteiger partial charge in [-0.25, -0.2) is 17.6 Å². The minimum Gasteiger partial charge on any atom is -0.487 e. The minimum absolute atomic E-state index is 0.185. The van der Waals surface area contributed by atoms with Crippen molar-refractivity contribution in [3.63, 3.8) is 0 Å². The lowest BCUT2D eigenvalue weighted by molar-refractivity contribution is 0.188. The van der Waals surface area contributed by atoms with E-state index in [-0.39, 0.29) is 23.3 Å². The van der Waals surface area contributed by atoms with Crippen molar-refractivity contribution in [3.8, 4) is 28.0 Å². The van der Waals surface area contributed by atoms with E-state index in [1.165, 1.54) is 35.9 Å². The average Bonchev–Trinajstić information content (AvgIpc) is 2.90. The van der Waals surface area contributed by atoms with Gasteiger partial charge in [0.25, 0.3) is 0 Å². The molecular weight excluding hydrogens is 495 g/mol. The van der Waals surface area contributed by atoms with Gasteiger partial charge >= 0.3 is 0 Å². The number of hydrogen-bond acceptors (Lipinski definition) is 1. The summed E-state index contributed by atoms with van der Waals surface area (Å²) in [4.78, 5) is 0.